The van der Waals surface area contributed by atoms with Crippen LogP contribution in [-0.4, -0.2) is 76.8 Å². The van der Waals surface area contributed by atoms with Crippen LogP contribution in [0.25, 0.3) is 22.0 Å². The van der Waals surface area contributed by atoms with Crippen LogP contribution in [0, 0.1) is 0 Å². The lowest BCUT2D eigenvalue weighted by Crippen LogP contribution is -2.38. The molecule has 2 fully saturated rings. The van der Waals surface area contributed by atoms with Crippen molar-refractivity contribution in [3.05, 3.63) is 41.9 Å². The predicted molar refractivity (Wildman–Crippen MR) is 137 cm³/mol. The second kappa shape index (κ2) is 9.75. The number of H-pyrrole nitrogens is 1. The van der Waals surface area contributed by atoms with Gasteiger partial charge in [-0.05, 0) is 74.9 Å². The second-order valence-corrected chi connectivity index (χ2v) is 11.9. The molecule has 0 aliphatic carbocycles. The van der Waals surface area contributed by atoms with Gasteiger partial charge >= 0.3 is 0 Å². The molecule has 1 amide bonds. The standard InChI is InChI=1S/C25H34N6O3S/c1-2-35(33,34)31-9-5-18(6-10-31)23-16-27-24-21(23)13-19(14-22(24)25(26)32)20-15-28-30(17-20)12-11-29-7-3-4-8-29/h13-18,27H,2-12H2,1H3,(H2,26,32). The number of aromatic amines is 1. The number of carbonyl (C=O) groups excluding carboxylic acids is 1. The van der Waals surface area contributed by atoms with Crippen molar-refractivity contribution in [3.63, 3.8) is 0 Å². The predicted octanol–water partition coefficient (Wildman–Crippen LogP) is 2.76. The monoisotopic (exact) mass is 498 g/mol. The molecule has 0 unspecified atom stereocenters. The van der Waals surface area contributed by atoms with Crippen molar-refractivity contribution in [2.45, 2.75) is 45.1 Å². The maximum Gasteiger partial charge on any atom is 0.250 e. The molecule has 0 spiro atoms. The average Bonchev–Trinajstić information content (AvgIpc) is 3.63. The van der Waals surface area contributed by atoms with Crippen molar-refractivity contribution in [2.24, 2.45) is 5.73 Å². The number of nitrogens with two attached hydrogens (primary N) is 1. The largest absolute Gasteiger partial charge is 0.366 e. The molecule has 2 aliphatic heterocycles. The molecule has 2 saturated heterocycles. The van der Waals surface area contributed by atoms with Gasteiger partial charge in [-0.25, -0.2) is 12.7 Å². The van der Waals surface area contributed by atoms with Gasteiger partial charge in [-0.2, -0.15) is 5.10 Å². The van der Waals surface area contributed by atoms with Crippen LogP contribution >= 0.6 is 0 Å². The summed E-state index contributed by atoms with van der Waals surface area (Å²) in [5.41, 5.74) is 9.92. The third-order valence-electron chi connectivity index (χ3n) is 7.55. The topological polar surface area (TPSA) is 117 Å². The van der Waals surface area contributed by atoms with Crippen LogP contribution in [0.5, 0.6) is 0 Å². The van der Waals surface area contributed by atoms with Crippen molar-refractivity contribution in [3.8, 4) is 11.1 Å². The zero-order chi connectivity index (χ0) is 24.6. The molecule has 4 heterocycles. The summed E-state index contributed by atoms with van der Waals surface area (Å²) in [6, 6.07) is 3.94. The molecule has 5 rings (SSSR count). The van der Waals surface area contributed by atoms with E-state index in [1.807, 2.05) is 29.3 Å². The fourth-order valence-electron chi connectivity index (χ4n) is 5.46. The molecule has 2 aliphatic rings. The number of rotatable bonds is 8. The van der Waals surface area contributed by atoms with Gasteiger partial charge in [0.25, 0.3) is 5.91 Å². The normalized spacial score (nSPS) is 18.5. The number of amides is 1. The van der Waals surface area contributed by atoms with Gasteiger partial charge in [-0.15, -0.1) is 0 Å². The van der Waals surface area contributed by atoms with Crippen LogP contribution < -0.4 is 5.73 Å². The molecule has 3 aromatic rings. The molecule has 35 heavy (non-hydrogen) atoms. The lowest BCUT2D eigenvalue weighted by atomic mass is 9.88. The lowest BCUT2D eigenvalue weighted by Gasteiger charge is -2.31. The number of fused-ring (bicyclic) bond motifs is 1. The Morgan fingerprint density at radius 1 is 1.11 bits per heavy atom. The molecule has 1 aromatic carbocycles. The summed E-state index contributed by atoms with van der Waals surface area (Å²) in [4.78, 5) is 18.1. The van der Waals surface area contributed by atoms with Crippen LogP contribution in [0.1, 0.15) is 54.4 Å². The van der Waals surface area contributed by atoms with Crippen LogP contribution in [0.4, 0.5) is 0 Å². The molecular formula is C25H34N6O3S. The van der Waals surface area contributed by atoms with Gasteiger partial charge in [0.1, 0.15) is 0 Å². The Labute approximate surface area is 206 Å². The Bertz CT molecular complexity index is 1310. The number of aromatic nitrogens is 3. The quantitative estimate of drug-likeness (QED) is 0.495. The Balaban J connectivity index is 1.41. The van der Waals surface area contributed by atoms with Gasteiger partial charge in [0, 0.05) is 43.0 Å². The molecule has 0 atom stereocenters. The number of carbonyl (C=O) groups is 1. The first kappa shape index (κ1) is 24.0. The number of primary amides is 1. The fourth-order valence-corrected chi connectivity index (χ4v) is 6.60. The highest BCUT2D eigenvalue weighted by atomic mass is 32.2. The van der Waals surface area contributed by atoms with E-state index in [-0.39, 0.29) is 11.7 Å². The van der Waals surface area contributed by atoms with Crippen molar-refractivity contribution in [2.75, 3.05) is 38.5 Å². The number of sulfonamides is 1. The molecule has 0 saturated carbocycles. The summed E-state index contributed by atoms with van der Waals surface area (Å²) < 4.78 is 28.1. The van der Waals surface area contributed by atoms with Crippen molar-refractivity contribution < 1.29 is 13.2 Å². The molecule has 2 aromatic heterocycles. The van der Waals surface area contributed by atoms with Gasteiger partial charge in [0.2, 0.25) is 10.0 Å². The van der Waals surface area contributed by atoms with E-state index in [0.29, 0.717) is 18.7 Å². The van der Waals surface area contributed by atoms with Crippen LogP contribution in [0.3, 0.4) is 0 Å². The number of hydrogen-bond acceptors (Lipinski definition) is 5. The Hall–Kier alpha value is -2.69. The molecule has 3 N–H and O–H groups in total. The van der Waals surface area contributed by atoms with Crippen molar-refractivity contribution in [1.29, 1.82) is 0 Å². The maximum atomic E-state index is 12.3. The first-order valence-corrected chi connectivity index (χ1v) is 14.1. The highest BCUT2D eigenvalue weighted by molar-refractivity contribution is 7.89. The summed E-state index contributed by atoms with van der Waals surface area (Å²) >= 11 is 0. The number of benzene rings is 1. The highest BCUT2D eigenvalue weighted by Crippen LogP contribution is 2.37. The highest BCUT2D eigenvalue weighted by Gasteiger charge is 2.29. The molecular weight excluding hydrogens is 464 g/mol. The number of hydrogen-bond donors (Lipinski definition) is 2. The van der Waals surface area contributed by atoms with Gasteiger partial charge < -0.3 is 15.6 Å². The zero-order valence-corrected chi connectivity index (χ0v) is 21.1. The minimum absolute atomic E-state index is 0.127. The van der Waals surface area contributed by atoms with Gasteiger partial charge in [0.15, 0.2) is 0 Å². The fraction of sp³-hybridized carbons (Fsp3) is 0.520. The lowest BCUT2D eigenvalue weighted by molar-refractivity contribution is 0.100. The SMILES string of the molecule is CCS(=O)(=O)N1CCC(c2c[nH]c3c(C(N)=O)cc(-c4cnn(CCN5CCCC5)c4)cc23)CC1. The van der Waals surface area contributed by atoms with E-state index in [1.165, 1.54) is 12.8 Å². The van der Waals surface area contributed by atoms with E-state index in [0.717, 1.165) is 66.6 Å². The minimum Gasteiger partial charge on any atom is -0.366 e. The molecule has 0 radical (unpaired) electrons. The first-order valence-electron chi connectivity index (χ1n) is 12.5. The zero-order valence-electron chi connectivity index (χ0n) is 20.2. The molecule has 0 bridgehead atoms. The number of nitrogens with one attached hydrogen (secondary N) is 1. The van der Waals surface area contributed by atoms with E-state index >= 15 is 0 Å². The first-order chi connectivity index (χ1) is 16.9. The van der Waals surface area contributed by atoms with Crippen LogP contribution in [0.15, 0.2) is 30.7 Å². The molecule has 10 heteroatoms. The van der Waals surface area contributed by atoms with Crippen LogP contribution in [-0.2, 0) is 16.6 Å². The van der Waals surface area contributed by atoms with E-state index in [2.05, 4.69) is 21.0 Å². The molecule has 188 valence electrons. The smallest absolute Gasteiger partial charge is 0.250 e. The summed E-state index contributed by atoms with van der Waals surface area (Å²) in [5, 5.41) is 5.52. The van der Waals surface area contributed by atoms with E-state index in [9.17, 15) is 13.2 Å². The summed E-state index contributed by atoms with van der Waals surface area (Å²) in [6.07, 6.45) is 9.86. The van der Waals surface area contributed by atoms with Crippen LogP contribution in [0.2, 0.25) is 0 Å². The Morgan fingerprint density at radius 2 is 1.86 bits per heavy atom. The minimum atomic E-state index is -3.17. The van der Waals surface area contributed by atoms with Crippen molar-refractivity contribution in [1.82, 2.24) is 24.0 Å². The summed E-state index contributed by atoms with van der Waals surface area (Å²) in [5.74, 6) is -0.135. The van der Waals surface area contributed by atoms with E-state index in [1.54, 1.807) is 11.2 Å². The van der Waals surface area contributed by atoms with E-state index < -0.39 is 15.9 Å². The Morgan fingerprint density at radius 3 is 2.54 bits per heavy atom. The third-order valence-corrected chi connectivity index (χ3v) is 9.43. The second-order valence-electron chi connectivity index (χ2n) is 9.67. The van der Waals surface area contributed by atoms with Crippen molar-refractivity contribution >= 4 is 26.8 Å². The third kappa shape index (κ3) is 4.87. The van der Waals surface area contributed by atoms with E-state index in [4.69, 9.17) is 5.73 Å². The summed E-state index contributed by atoms with van der Waals surface area (Å²) in [6.45, 7) is 6.85. The van der Waals surface area contributed by atoms with Gasteiger partial charge in [-0.1, -0.05) is 0 Å². The number of likely N-dealkylation sites (tertiary alicyclic amines) is 1. The maximum absolute atomic E-state index is 12.3. The summed E-state index contributed by atoms with van der Waals surface area (Å²) in [7, 11) is -3.17. The van der Waals surface area contributed by atoms with Gasteiger partial charge in [0.05, 0.1) is 29.6 Å². The number of nitrogens with zero attached hydrogens (tertiary/aromatic N) is 4. The van der Waals surface area contributed by atoms with Gasteiger partial charge in [-0.3, -0.25) is 9.48 Å². The Kier molecular flexibility index (Phi) is 6.69. The molecule has 9 nitrogen and oxygen atoms in total. The number of piperidine rings is 1. The average molecular weight is 499 g/mol.